The molecular formula is C26H29N3O3S. The van der Waals surface area contributed by atoms with Crippen molar-refractivity contribution >= 4 is 26.9 Å². The molecule has 1 saturated heterocycles. The molecule has 1 unspecified atom stereocenters. The van der Waals surface area contributed by atoms with Crippen LogP contribution in [0.15, 0.2) is 71.9 Å². The Balaban J connectivity index is 1.16. The number of nitrogens with one attached hydrogen (secondary N) is 1. The smallest absolute Gasteiger partial charge is 0.241 e. The van der Waals surface area contributed by atoms with Gasteiger partial charge in [-0.15, -0.1) is 0 Å². The molecule has 1 aliphatic carbocycles. The molecule has 7 heteroatoms. The summed E-state index contributed by atoms with van der Waals surface area (Å²) in [5, 5.41) is 12.4. The van der Waals surface area contributed by atoms with E-state index in [1.54, 1.807) is 30.6 Å². The summed E-state index contributed by atoms with van der Waals surface area (Å²) in [6, 6.07) is 15.4. The van der Waals surface area contributed by atoms with Gasteiger partial charge in [0.05, 0.1) is 10.5 Å². The van der Waals surface area contributed by atoms with Crippen LogP contribution in [0.25, 0.3) is 16.8 Å². The highest BCUT2D eigenvalue weighted by Gasteiger charge is 2.34. The van der Waals surface area contributed by atoms with Gasteiger partial charge in [0.2, 0.25) is 10.0 Å². The maximum Gasteiger partial charge on any atom is 0.241 e. The summed E-state index contributed by atoms with van der Waals surface area (Å²) in [6.45, 7) is 2.51. The van der Waals surface area contributed by atoms with Crippen molar-refractivity contribution in [1.29, 1.82) is 0 Å². The summed E-state index contributed by atoms with van der Waals surface area (Å²) in [7, 11) is -3.75. The van der Waals surface area contributed by atoms with Crippen LogP contribution in [-0.4, -0.2) is 55.2 Å². The molecule has 2 aliphatic rings. The zero-order valence-corrected chi connectivity index (χ0v) is 19.3. The molecule has 2 N–H and O–H groups in total. The lowest BCUT2D eigenvalue weighted by Crippen LogP contribution is -2.51. The number of hydrogen-bond donors (Lipinski definition) is 2. The van der Waals surface area contributed by atoms with E-state index in [-0.39, 0.29) is 11.4 Å². The van der Waals surface area contributed by atoms with Crippen LogP contribution in [-0.2, 0) is 10.0 Å². The van der Waals surface area contributed by atoms with E-state index >= 15 is 0 Å². The number of benzene rings is 2. The quantitative estimate of drug-likeness (QED) is 0.560. The average molecular weight is 464 g/mol. The predicted molar refractivity (Wildman–Crippen MR) is 130 cm³/mol. The van der Waals surface area contributed by atoms with E-state index in [4.69, 9.17) is 0 Å². The third-order valence-electron chi connectivity index (χ3n) is 6.97. The second-order valence-corrected chi connectivity index (χ2v) is 10.9. The van der Waals surface area contributed by atoms with Crippen molar-refractivity contribution in [3.63, 3.8) is 0 Å². The molecule has 5 rings (SSSR count). The Bertz CT molecular complexity index is 1280. The number of aliphatic hydroxyl groups is 1. The number of nitrogens with zero attached hydrogens (tertiary/aromatic N) is 2. The van der Waals surface area contributed by atoms with Gasteiger partial charge in [0.15, 0.2) is 0 Å². The first kappa shape index (κ1) is 22.2. The van der Waals surface area contributed by atoms with E-state index in [2.05, 4.69) is 51.0 Å². The standard InChI is InChI=1S/C26H29N3O3S/c30-26(19-28-33(31,32)25-7-3-5-22-18-27-14-10-24(22)25)12-16-29(17-13-26)15-11-21-9-8-20-4-1-2-6-23(20)21/h1-10,14,18,21,28,30H,11-13,15-17,19H2. The normalized spacial score (nSPS) is 20.2. The fraction of sp³-hybridized carbons (Fsp3) is 0.346. The Labute approximate surface area is 195 Å². The molecule has 1 atom stereocenters. The second-order valence-electron chi connectivity index (χ2n) is 9.13. The summed E-state index contributed by atoms with van der Waals surface area (Å²) in [4.78, 5) is 6.65. The van der Waals surface area contributed by atoms with Crippen LogP contribution in [0.5, 0.6) is 0 Å². The molecular weight excluding hydrogens is 434 g/mol. The topological polar surface area (TPSA) is 82.5 Å². The molecule has 2 heterocycles. The first-order chi connectivity index (χ1) is 15.9. The summed E-state index contributed by atoms with van der Waals surface area (Å²) in [5.74, 6) is 0.449. The summed E-state index contributed by atoms with van der Waals surface area (Å²) in [5.41, 5.74) is 1.67. The Kier molecular flexibility index (Phi) is 6.05. The Morgan fingerprint density at radius 2 is 1.91 bits per heavy atom. The van der Waals surface area contributed by atoms with Crippen LogP contribution in [0.4, 0.5) is 0 Å². The van der Waals surface area contributed by atoms with Gasteiger partial charge in [0.1, 0.15) is 0 Å². The molecule has 0 bridgehead atoms. The minimum absolute atomic E-state index is 0.0172. The molecule has 0 saturated carbocycles. The van der Waals surface area contributed by atoms with Gasteiger partial charge in [-0.1, -0.05) is 48.6 Å². The van der Waals surface area contributed by atoms with Gasteiger partial charge < -0.3 is 10.0 Å². The number of fused-ring (bicyclic) bond motifs is 2. The molecule has 1 aliphatic heterocycles. The average Bonchev–Trinajstić information content (AvgIpc) is 3.25. The van der Waals surface area contributed by atoms with E-state index in [1.807, 2.05) is 6.07 Å². The molecule has 172 valence electrons. The maximum atomic E-state index is 13.0. The van der Waals surface area contributed by atoms with Crippen molar-refractivity contribution in [1.82, 2.24) is 14.6 Å². The number of aromatic nitrogens is 1. The number of pyridine rings is 1. The number of sulfonamides is 1. The number of likely N-dealkylation sites (tertiary alicyclic amines) is 1. The van der Waals surface area contributed by atoms with Crippen LogP contribution in [0.2, 0.25) is 0 Å². The minimum atomic E-state index is -3.75. The fourth-order valence-electron chi connectivity index (χ4n) is 4.90. The van der Waals surface area contributed by atoms with E-state index < -0.39 is 15.6 Å². The van der Waals surface area contributed by atoms with Gasteiger partial charge >= 0.3 is 0 Å². The third kappa shape index (κ3) is 4.73. The van der Waals surface area contributed by atoms with Crippen LogP contribution >= 0.6 is 0 Å². The summed E-state index contributed by atoms with van der Waals surface area (Å²) < 4.78 is 28.6. The number of piperidine rings is 1. The zero-order valence-electron chi connectivity index (χ0n) is 18.5. The first-order valence-electron chi connectivity index (χ1n) is 11.5. The van der Waals surface area contributed by atoms with Crippen LogP contribution in [0.1, 0.15) is 36.3 Å². The van der Waals surface area contributed by atoms with Crippen molar-refractivity contribution in [2.45, 2.75) is 35.7 Å². The highest BCUT2D eigenvalue weighted by atomic mass is 32.2. The van der Waals surface area contributed by atoms with Crippen LogP contribution < -0.4 is 4.72 Å². The lowest BCUT2D eigenvalue weighted by Gasteiger charge is -2.38. The highest BCUT2D eigenvalue weighted by Crippen LogP contribution is 2.33. The number of allylic oxidation sites excluding steroid dienone is 1. The minimum Gasteiger partial charge on any atom is -0.388 e. The predicted octanol–water partition coefficient (Wildman–Crippen LogP) is 3.54. The van der Waals surface area contributed by atoms with Crippen LogP contribution in [0.3, 0.4) is 0 Å². The molecule has 2 aromatic carbocycles. The Morgan fingerprint density at radius 1 is 1.09 bits per heavy atom. The van der Waals surface area contributed by atoms with Gasteiger partial charge in [-0.3, -0.25) is 4.98 Å². The SMILES string of the molecule is O=S(=O)(NCC1(O)CCN(CCC2C=Cc3ccccc32)CC1)c1cccc2cnccc12. The van der Waals surface area contributed by atoms with Crippen molar-refractivity contribution in [3.8, 4) is 0 Å². The lowest BCUT2D eigenvalue weighted by molar-refractivity contribution is -0.0164. The monoisotopic (exact) mass is 463 g/mol. The number of hydrogen-bond acceptors (Lipinski definition) is 5. The molecule has 0 amide bonds. The second kappa shape index (κ2) is 8.99. The fourth-order valence-corrected chi connectivity index (χ4v) is 6.25. The van der Waals surface area contributed by atoms with Gasteiger partial charge in [-0.2, -0.15) is 0 Å². The summed E-state index contributed by atoms with van der Waals surface area (Å²) >= 11 is 0. The van der Waals surface area contributed by atoms with Crippen molar-refractivity contribution in [2.75, 3.05) is 26.2 Å². The van der Waals surface area contributed by atoms with Gasteiger partial charge in [0, 0.05) is 48.7 Å². The molecule has 6 nitrogen and oxygen atoms in total. The van der Waals surface area contributed by atoms with E-state index in [0.29, 0.717) is 24.1 Å². The van der Waals surface area contributed by atoms with E-state index in [9.17, 15) is 13.5 Å². The lowest BCUT2D eigenvalue weighted by atomic mass is 9.91. The third-order valence-corrected chi connectivity index (χ3v) is 8.43. The molecule has 1 aromatic heterocycles. The summed E-state index contributed by atoms with van der Waals surface area (Å²) in [6.07, 6.45) is 9.87. The van der Waals surface area contributed by atoms with Crippen molar-refractivity contribution in [2.24, 2.45) is 0 Å². The van der Waals surface area contributed by atoms with Crippen molar-refractivity contribution in [3.05, 3.63) is 78.1 Å². The Morgan fingerprint density at radius 3 is 2.76 bits per heavy atom. The van der Waals surface area contributed by atoms with Gasteiger partial charge in [0.25, 0.3) is 0 Å². The number of rotatable bonds is 7. The van der Waals surface area contributed by atoms with E-state index in [1.165, 1.54) is 11.1 Å². The zero-order chi connectivity index (χ0) is 22.9. The molecule has 0 spiro atoms. The maximum absolute atomic E-state index is 13.0. The van der Waals surface area contributed by atoms with Crippen molar-refractivity contribution < 1.29 is 13.5 Å². The molecule has 1 fully saturated rings. The van der Waals surface area contributed by atoms with Crippen LogP contribution in [0, 0.1) is 0 Å². The highest BCUT2D eigenvalue weighted by molar-refractivity contribution is 7.89. The largest absolute Gasteiger partial charge is 0.388 e. The first-order valence-corrected chi connectivity index (χ1v) is 13.0. The molecule has 0 radical (unpaired) electrons. The molecule has 3 aromatic rings. The van der Waals surface area contributed by atoms with E-state index in [0.717, 1.165) is 31.4 Å². The van der Waals surface area contributed by atoms with Gasteiger partial charge in [-0.05, 0) is 49.1 Å². The van der Waals surface area contributed by atoms with Gasteiger partial charge in [-0.25, -0.2) is 13.1 Å². The molecule has 33 heavy (non-hydrogen) atoms. The Hall–Kier alpha value is -2.58.